The summed E-state index contributed by atoms with van der Waals surface area (Å²) in [5.41, 5.74) is 9.40. The maximum Gasteiger partial charge on any atom is 0.269 e. The number of hydrogen-bond acceptors (Lipinski definition) is 9. The highest BCUT2D eigenvalue weighted by atomic mass is 32.2. The number of benzene rings is 3. The molecule has 41 heavy (non-hydrogen) atoms. The fourth-order valence-corrected chi connectivity index (χ4v) is 7.08. The van der Waals surface area contributed by atoms with Crippen molar-refractivity contribution in [3.8, 4) is 5.75 Å². The van der Waals surface area contributed by atoms with E-state index in [-0.39, 0.29) is 45.0 Å². The molecule has 0 spiro atoms. The number of sulfone groups is 1. The van der Waals surface area contributed by atoms with Gasteiger partial charge < -0.3 is 10.2 Å². The molecular formula is C26H29N5O8S2. The Labute approximate surface area is 237 Å². The molecule has 0 aliphatic heterocycles. The van der Waals surface area contributed by atoms with E-state index in [1.54, 1.807) is 26.0 Å². The Kier molecular flexibility index (Phi) is 10.1. The average molecular weight is 604 g/mol. The number of aliphatic hydroxyl groups excluding tert-OH is 1. The Balaban J connectivity index is 1.93. The number of nitro benzene ring substituents is 1. The van der Waals surface area contributed by atoms with Gasteiger partial charge in [-0.2, -0.15) is 4.31 Å². The zero-order valence-electron chi connectivity index (χ0n) is 22.2. The number of sulfonamides is 1. The molecular weight excluding hydrogens is 574 g/mol. The van der Waals surface area contributed by atoms with Gasteiger partial charge in [-0.15, -0.1) is 0 Å². The van der Waals surface area contributed by atoms with Gasteiger partial charge in [-0.1, -0.05) is 37.2 Å². The van der Waals surface area contributed by atoms with Gasteiger partial charge in [-0.25, -0.2) is 16.8 Å². The third-order valence-electron chi connectivity index (χ3n) is 6.10. The summed E-state index contributed by atoms with van der Waals surface area (Å²) in [7, 11) is -8.57. The monoisotopic (exact) mass is 603 g/mol. The lowest BCUT2D eigenvalue weighted by Gasteiger charge is -2.28. The molecule has 2 N–H and O–H groups in total. The first kappa shape index (κ1) is 31.5. The molecule has 3 rings (SSSR count). The fourth-order valence-electron chi connectivity index (χ4n) is 4.04. The van der Waals surface area contributed by atoms with E-state index in [1.165, 1.54) is 30.3 Å². The topological polar surface area (TPSA) is 204 Å². The third-order valence-corrected chi connectivity index (χ3v) is 9.69. The second-order valence-electron chi connectivity index (χ2n) is 9.66. The fraction of sp³-hybridized carbons (Fsp3) is 0.308. The average Bonchev–Trinajstić information content (AvgIpc) is 2.93. The molecule has 0 saturated heterocycles. The summed E-state index contributed by atoms with van der Waals surface area (Å²) >= 11 is 0. The quantitative estimate of drug-likeness (QED) is 0.0955. The van der Waals surface area contributed by atoms with E-state index in [2.05, 4.69) is 10.0 Å². The van der Waals surface area contributed by atoms with Crippen LogP contribution in [0.25, 0.3) is 10.4 Å². The van der Waals surface area contributed by atoms with Gasteiger partial charge >= 0.3 is 0 Å². The van der Waals surface area contributed by atoms with Crippen molar-refractivity contribution in [3.05, 3.63) is 98.9 Å². The standard InChI is InChI=1S/C26H29N5O8S2/c1-18(2)16-30(17-26(33)25(28-29-27)14-19-6-10-21(32)11-7-19)41(38,39)24-5-3-4-23(15-24)40(36,37)22-12-8-20(9-13-22)31(34)35/h3-13,15,18,25-26,32-33H,14,16-17H2,1-2H3/t25-,26?/m0/s1. The van der Waals surface area contributed by atoms with Crippen LogP contribution in [-0.2, 0) is 26.3 Å². The molecule has 3 aromatic rings. The van der Waals surface area contributed by atoms with Crippen molar-refractivity contribution in [2.75, 3.05) is 13.1 Å². The van der Waals surface area contributed by atoms with Gasteiger partial charge in [0.15, 0.2) is 0 Å². The maximum absolute atomic E-state index is 13.7. The summed E-state index contributed by atoms with van der Waals surface area (Å²) < 4.78 is 54.9. The van der Waals surface area contributed by atoms with Gasteiger partial charge in [-0.3, -0.25) is 10.1 Å². The van der Waals surface area contributed by atoms with E-state index in [1.807, 2.05) is 0 Å². The van der Waals surface area contributed by atoms with Crippen LogP contribution >= 0.6 is 0 Å². The van der Waals surface area contributed by atoms with Gasteiger partial charge in [0, 0.05) is 30.1 Å². The minimum absolute atomic E-state index is 0.0269. The van der Waals surface area contributed by atoms with Crippen molar-refractivity contribution in [2.45, 2.75) is 47.1 Å². The largest absolute Gasteiger partial charge is 0.508 e. The summed E-state index contributed by atoms with van der Waals surface area (Å²) in [6.45, 7) is 3.07. The third kappa shape index (κ3) is 7.80. The summed E-state index contributed by atoms with van der Waals surface area (Å²) in [6.07, 6.45) is -1.34. The number of rotatable bonds is 13. The van der Waals surface area contributed by atoms with Crippen LogP contribution < -0.4 is 0 Å². The Bertz CT molecular complexity index is 1640. The van der Waals surface area contributed by atoms with Crippen LogP contribution in [0.5, 0.6) is 5.75 Å². The van der Waals surface area contributed by atoms with Crippen molar-refractivity contribution in [3.63, 3.8) is 0 Å². The number of hydrogen-bond donors (Lipinski definition) is 2. The predicted molar refractivity (Wildman–Crippen MR) is 149 cm³/mol. The minimum atomic E-state index is -4.35. The van der Waals surface area contributed by atoms with E-state index in [0.717, 1.165) is 34.6 Å². The summed E-state index contributed by atoms with van der Waals surface area (Å²) in [5, 5.41) is 35.1. The maximum atomic E-state index is 13.7. The lowest BCUT2D eigenvalue weighted by atomic mass is 10.0. The van der Waals surface area contributed by atoms with Gasteiger partial charge in [0.25, 0.3) is 5.69 Å². The highest BCUT2D eigenvalue weighted by molar-refractivity contribution is 7.91. The van der Waals surface area contributed by atoms with Crippen molar-refractivity contribution in [2.24, 2.45) is 11.0 Å². The molecule has 0 heterocycles. The molecule has 0 fully saturated rings. The molecule has 218 valence electrons. The molecule has 0 bridgehead atoms. The number of phenolic OH excluding ortho intramolecular Hbond substituents is 1. The molecule has 15 heteroatoms. The first-order valence-corrected chi connectivity index (χ1v) is 15.3. The predicted octanol–water partition coefficient (Wildman–Crippen LogP) is 4.06. The molecule has 0 amide bonds. The molecule has 1 unspecified atom stereocenters. The van der Waals surface area contributed by atoms with Gasteiger partial charge in [0.05, 0.1) is 31.8 Å². The van der Waals surface area contributed by atoms with Crippen LogP contribution in [0.15, 0.2) is 92.6 Å². The van der Waals surface area contributed by atoms with Crippen LogP contribution in [0.2, 0.25) is 0 Å². The first-order chi connectivity index (χ1) is 19.2. The van der Waals surface area contributed by atoms with Crippen LogP contribution in [0.4, 0.5) is 5.69 Å². The second-order valence-corrected chi connectivity index (χ2v) is 13.5. The number of nitrogens with zero attached hydrogens (tertiary/aromatic N) is 5. The molecule has 0 aromatic heterocycles. The number of azide groups is 1. The normalized spacial score (nSPS) is 13.5. The first-order valence-electron chi connectivity index (χ1n) is 12.4. The lowest BCUT2D eigenvalue weighted by molar-refractivity contribution is -0.384. The van der Waals surface area contributed by atoms with E-state index >= 15 is 0 Å². The Morgan fingerprint density at radius 2 is 1.56 bits per heavy atom. The van der Waals surface area contributed by atoms with Gasteiger partial charge in [0.2, 0.25) is 19.9 Å². The minimum Gasteiger partial charge on any atom is -0.508 e. The zero-order chi connectivity index (χ0) is 30.4. The van der Waals surface area contributed by atoms with Crippen molar-refractivity contribution < 1.29 is 32.0 Å². The summed E-state index contributed by atoms with van der Waals surface area (Å²) in [4.78, 5) is 12.1. The number of nitro groups is 1. The molecule has 13 nitrogen and oxygen atoms in total. The SMILES string of the molecule is CC(C)CN(CC(O)[C@H](Cc1ccc(O)cc1)N=[N+]=[N-])S(=O)(=O)c1cccc(S(=O)(=O)c2ccc([N+](=O)[O-])cc2)c1. The van der Waals surface area contributed by atoms with E-state index in [9.17, 15) is 37.2 Å². The number of aliphatic hydroxyl groups is 1. The van der Waals surface area contributed by atoms with Crippen LogP contribution in [-0.4, -0.2) is 61.5 Å². The summed E-state index contributed by atoms with van der Waals surface area (Å²) in [5.74, 6) is -0.152. The lowest BCUT2D eigenvalue weighted by Crippen LogP contribution is -2.43. The van der Waals surface area contributed by atoms with Crippen LogP contribution in [0, 0.1) is 16.0 Å². The number of aromatic hydroxyl groups is 1. The molecule has 0 radical (unpaired) electrons. The van der Waals surface area contributed by atoms with Gasteiger partial charge in [-0.05, 0) is 65.9 Å². The molecule has 2 atom stereocenters. The van der Waals surface area contributed by atoms with Gasteiger partial charge in [0.1, 0.15) is 5.75 Å². The highest BCUT2D eigenvalue weighted by Gasteiger charge is 2.31. The van der Waals surface area contributed by atoms with Crippen LogP contribution in [0.3, 0.4) is 0 Å². The van der Waals surface area contributed by atoms with Crippen molar-refractivity contribution >= 4 is 25.5 Å². The van der Waals surface area contributed by atoms with Crippen molar-refractivity contribution in [1.29, 1.82) is 0 Å². The highest BCUT2D eigenvalue weighted by Crippen LogP contribution is 2.27. The van der Waals surface area contributed by atoms with E-state index in [4.69, 9.17) is 5.53 Å². The van der Waals surface area contributed by atoms with Crippen molar-refractivity contribution in [1.82, 2.24) is 4.31 Å². The number of phenols is 1. The number of non-ortho nitro benzene ring substituents is 1. The molecule has 0 aliphatic rings. The molecule has 0 aliphatic carbocycles. The van der Waals surface area contributed by atoms with Crippen LogP contribution in [0.1, 0.15) is 19.4 Å². The Morgan fingerprint density at radius 1 is 0.951 bits per heavy atom. The zero-order valence-corrected chi connectivity index (χ0v) is 23.8. The Morgan fingerprint density at radius 3 is 2.12 bits per heavy atom. The second kappa shape index (κ2) is 13.1. The molecule has 0 saturated carbocycles. The van der Waals surface area contributed by atoms with E-state index < -0.39 is 43.5 Å². The Hall–Kier alpha value is -4.01. The smallest absolute Gasteiger partial charge is 0.269 e. The van der Waals surface area contributed by atoms with E-state index in [0.29, 0.717) is 5.56 Å². The summed E-state index contributed by atoms with van der Waals surface area (Å²) in [6, 6.07) is 13.9. The molecule has 3 aromatic carbocycles.